The van der Waals surface area contributed by atoms with Crippen LogP contribution in [0.25, 0.3) is 11.3 Å². The zero-order valence-electron chi connectivity index (χ0n) is 17.4. The summed E-state index contributed by atoms with van der Waals surface area (Å²) in [7, 11) is 0. The Hall–Kier alpha value is -3.29. The number of fused-ring (bicyclic) bond motifs is 1. The first kappa shape index (κ1) is 21.9. The molecule has 0 amide bonds. The van der Waals surface area contributed by atoms with Gasteiger partial charge in [0.25, 0.3) is 11.5 Å². The molecule has 3 aromatic rings. The number of hydrogen-bond acceptors (Lipinski definition) is 4. The number of aryl methyl sites for hydroxylation is 1. The van der Waals surface area contributed by atoms with Gasteiger partial charge < -0.3 is 14.3 Å². The first-order chi connectivity index (χ1) is 15.2. The van der Waals surface area contributed by atoms with E-state index in [9.17, 15) is 23.1 Å². The minimum absolute atomic E-state index is 0.00848. The fraction of sp³-hybridized carbons (Fsp3) is 0.333. The molecule has 1 N–H and O–H groups in total. The van der Waals surface area contributed by atoms with Crippen LogP contribution >= 0.6 is 0 Å². The van der Waals surface area contributed by atoms with Crippen molar-refractivity contribution >= 4 is 5.97 Å². The molecule has 0 aliphatic heterocycles. The molecule has 0 saturated carbocycles. The number of rotatable bonds is 6. The summed E-state index contributed by atoms with van der Waals surface area (Å²) >= 11 is 0. The molecule has 4 rings (SSSR count). The largest absolute Gasteiger partial charge is 0.478 e. The summed E-state index contributed by atoms with van der Waals surface area (Å²) in [5, 5.41) is 10.1. The maximum Gasteiger partial charge on any atom is 0.416 e. The molecule has 8 heteroatoms. The molecule has 5 nitrogen and oxygen atoms in total. The molecule has 1 heterocycles. The van der Waals surface area contributed by atoms with E-state index in [1.807, 2.05) is 12.1 Å². The Morgan fingerprint density at radius 3 is 2.62 bits per heavy atom. The van der Waals surface area contributed by atoms with Gasteiger partial charge in [-0.3, -0.25) is 0 Å². The molecular weight excluding hydrogens is 423 g/mol. The quantitative estimate of drug-likeness (QED) is 0.503. The van der Waals surface area contributed by atoms with E-state index in [4.69, 9.17) is 9.15 Å². The van der Waals surface area contributed by atoms with Crippen LogP contribution in [0.1, 0.15) is 48.8 Å². The molecular formula is C24H22F3NO4. The maximum absolute atomic E-state index is 13.1. The van der Waals surface area contributed by atoms with Crippen molar-refractivity contribution in [1.82, 2.24) is 4.98 Å². The van der Waals surface area contributed by atoms with Gasteiger partial charge >= 0.3 is 12.1 Å². The van der Waals surface area contributed by atoms with Gasteiger partial charge in [-0.25, -0.2) is 9.78 Å². The van der Waals surface area contributed by atoms with Crippen molar-refractivity contribution < 1.29 is 32.2 Å². The summed E-state index contributed by atoms with van der Waals surface area (Å²) < 4.78 is 50.8. The first-order valence-electron chi connectivity index (χ1n) is 10.4. The second-order valence-corrected chi connectivity index (χ2v) is 7.81. The van der Waals surface area contributed by atoms with Crippen LogP contribution in [0.5, 0.6) is 5.75 Å². The summed E-state index contributed by atoms with van der Waals surface area (Å²) in [5.74, 6) is -1.04. The van der Waals surface area contributed by atoms with E-state index >= 15 is 0 Å². The fourth-order valence-electron chi connectivity index (χ4n) is 4.03. The Morgan fingerprint density at radius 1 is 1.16 bits per heavy atom. The molecule has 2 aromatic carbocycles. The average Bonchev–Trinajstić information content (AvgIpc) is 3.27. The lowest BCUT2D eigenvalue weighted by Crippen LogP contribution is -2.42. The van der Waals surface area contributed by atoms with Crippen molar-refractivity contribution in [2.24, 2.45) is 0 Å². The zero-order chi connectivity index (χ0) is 22.9. The highest BCUT2D eigenvalue weighted by molar-refractivity contribution is 5.79. The monoisotopic (exact) mass is 445 g/mol. The van der Waals surface area contributed by atoms with E-state index in [1.165, 1.54) is 12.1 Å². The van der Waals surface area contributed by atoms with Crippen LogP contribution in [0.3, 0.4) is 0 Å². The maximum atomic E-state index is 13.1. The number of hydrogen-bond donors (Lipinski definition) is 1. The lowest BCUT2D eigenvalue weighted by molar-refractivity contribution is -0.159. The minimum Gasteiger partial charge on any atom is -0.478 e. The van der Waals surface area contributed by atoms with Gasteiger partial charge in [0, 0.05) is 12.0 Å². The zero-order valence-corrected chi connectivity index (χ0v) is 17.4. The van der Waals surface area contributed by atoms with E-state index in [0.717, 1.165) is 55.2 Å². The molecule has 32 heavy (non-hydrogen) atoms. The standard InChI is InChI=1S/C24H22F3NO4/c1-2-23(22(29)30,32-20-12-6-8-15-7-3-4-11-18(15)20)21-28-19(14-31-21)16-9-5-10-17(13-16)24(25,26)27/h5-6,8-10,12-14H,2-4,7,11H2,1H3,(H,29,30). The Balaban J connectivity index is 1.73. The SMILES string of the molecule is CCC(Oc1cccc2c1CCCC2)(C(=O)O)c1nc(-c2cccc(C(F)(F)F)c2)co1. The Morgan fingerprint density at radius 2 is 1.91 bits per heavy atom. The summed E-state index contributed by atoms with van der Waals surface area (Å²) in [5.41, 5.74) is -0.367. The lowest BCUT2D eigenvalue weighted by Gasteiger charge is -2.29. The number of alkyl halides is 3. The van der Waals surface area contributed by atoms with Crippen molar-refractivity contribution in [3.63, 3.8) is 0 Å². The van der Waals surface area contributed by atoms with Crippen molar-refractivity contribution in [2.45, 2.75) is 50.8 Å². The normalized spacial score (nSPS) is 15.6. The van der Waals surface area contributed by atoms with Crippen molar-refractivity contribution in [2.75, 3.05) is 0 Å². The van der Waals surface area contributed by atoms with E-state index in [2.05, 4.69) is 4.98 Å². The van der Waals surface area contributed by atoms with Gasteiger partial charge in [-0.2, -0.15) is 13.2 Å². The number of carbonyl (C=O) groups is 1. The van der Waals surface area contributed by atoms with Gasteiger partial charge in [0.1, 0.15) is 17.7 Å². The third kappa shape index (κ3) is 3.97. The van der Waals surface area contributed by atoms with E-state index in [1.54, 1.807) is 13.0 Å². The van der Waals surface area contributed by atoms with Gasteiger partial charge in [-0.1, -0.05) is 31.2 Å². The third-order valence-corrected chi connectivity index (χ3v) is 5.82. The van der Waals surface area contributed by atoms with Crippen LogP contribution in [-0.4, -0.2) is 16.1 Å². The topological polar surface area (TPSA) is 72.6 Å². The number of halogens is 3. The molecule has 1 atom stereocenters. The van der Waals surface area contributed by atoms with E-state index in [0.29, 0.717) is 5.75 Å². The van der Waals surface area contributed by atoms with Crippen LogP contribution in [-0.2, 0) is 29.4 Å². The first-order valence-corrected chi connectivity index (χ1v) is 10.4. The predicted octanol–water partition coefficient (Wildman–Crippen LogP) is 6.01. The molecule has 1 aliphatic carbocycles. The van der Waals surface area contributed by atoms with Crippen LogP contribution in [0.15, 0.2) is 53.1 Å². The van der Waals surface area contributed by atoms with Gasteiger partial charge in [-0.05, 0) is 55.0 Å². The van der Waals surface area contributed by atoms with Gasteiger partial charge in [0.15, 0.2) is 0 Å². The van der Waals surface area contributed by atoms with Crippen molar-refractivity contribution in [3.05, 3.63) is 71.3 Å². The van der Waals surface area contributed by atoms with Gasteiger partial charge in [-0.15, -0.1) is 0 Å². The Bertz CT molecular complexity index is 1140. The number of oxazole rings is 1. The van der Waals surface area contributed by atoms with Crippen molar-refractivity contribution in [1.29, 1.82) is 0 Å². The van der Waals surface area contributed by atoms with Crippen molar-refractivity contribution in [3.8, 4) is 17.0 Å². The number of ether oxygens (including phenoxy) is 1. The number of nitrogens with zero attached hydrogens (tertiary/aromatic N) is 1. The van der Waals surface area contributed by atoms with Crippen LogP contribution in [0, 0.1) is 0 Å². The molecule has 1 aliphatic rings. The third-order valence-electron chi connectivity index (χ3n) is 5.82. The minimum atomic E-state index is -4.51. The molecule has 168 valence electrons. The van der Waals surface area contributed by atoms with Gasteiger partial charge in [0.2, 0.25) is 0 Å². The highest BCUT2D eigenvalue weighted by atomic mass is 19.4. The Labute approximate surface area is 182 Å². The number of benzene rings is 2. The number of aromatic nitrogens is 1. The molecule has 0 bridgehead atoms. The number of carboxylic acid groups (broad SMARTS) is 1. The number of carboxylic acids is 1. The molecule has 0 radical (unpaired) electrons. The Kier molecular flexibility index (Phi) is 5.71. The molecule has 0 spiro atoms. The fourth-order valence-corrected chi connectivity index (χ4v) is 4.03. The highest BCUT2D eigenvalue weighted by Crippen LogP contribution is 2.38. The van der Waals surface area contributed by atoms with Crippen LogP contribution in [0.2, 0.25) is 0 Å². The van der Waals surface area contributed by atoms with E-state index in [-0.39, 0.29) is 23.6 Å². The second kappa shape index (κ2) is 8.33. The summed E-state index contributed by atoms with van der Waals surface area (Å²) in [6.07, 6.45) is 0.388. The molecule has 1 unspecified atom stereocenters. The van der Waals surface area contributed by atoms with Crippen LogP contribution in [0.4, 0.5) is 13.2 Å². The van der Waals surface area contributed by atoms with Gasteiger partial charge in [0.05, 0.1) is 5.56 Å². The predicted molar refractivity (Wildman–Crippen MR) is 110 cm³/mol. The van der Waals surface area contributed by atoms with E-state index < -0.39 is 23.3 Å². The summed E-state index contributed by atoms with van der Waals surface area (Å²) in [4.78, 5) is 16.6. The highest BCUT2D eigenvalue weighted by Gasteiger charge is 2.47. The van der Waals surface area contributed by atoms with Crippen LogP contribution < -0.4 is 4.74 Å². The molecule has 1 aromatic heterocycles. The molecule has 0 fully saturated rings. The second-order valence-electron chi connectivity index (χ2n) is 7.81. The smallest absolute Gasteiger partial charge is 0.416 e. The summed E-state index contributed by atoms with van der Waals surface area (Å²) in [6.45, 7) is 1.64. The average molecular weight is 445 g/mol. The lowest BCUT2D eigenvalue weighted by atomic mass is 9.90. The summed E-state index contributed by atoms with van der Waals surface area (Å²) in [6, 6.07) is 10.2. The molecule has 0 saturated heterocycles. The number of aliphatic carboxylic acids is 1.